The molecule has 5 heteroatoms. The van der Waals surface area contributed by atoms with Crippen molar-refractivity contribution in [3.8, 4) is 0 Å². The lowest BCUT2D eigenvalue weighted by atomic mass is 10.2. The van der Waals surface area contributed by atoms with Crippen LogP contribution in [-0.2, 0) is 0 Å². The van der Waals surface area contributed by atoms with Crippen LogP contribution >= 0.6 is 23.5 Å². The fourth-order valence-electron chi connectivity index (χ4n) is 1.95. The van der Waals surface area contributed by atoms with Gasteiger partial charge in [0, 0.05) is 22.4 Å². The minimum absolute atomic E-state index is 0.331. The molecule has 0 radical (unpaired) electrons. The van der Waals surface area contributed by atoms with Gasteiger partial charge in [0.2, 0.25) is 0 Å². The summed E-state index contributed by atoms with van der Waals surface area (Å²) >= 11 is 3.91. The number of aryl methyl sites for hydroxylation is 1. The van der Waals surface area contributed by atoms with Crippen molar-refractivity contribution in [3.05, 3.63) is 23.3 Å². The molecule has 2 heterocycles. The Kier molecular flexibility index (Phi) is 4.45. The first-order valence-corrected chi connectivity index (χ1v) is 7.88. The van der Waals surface area contributed by atoms with Crippen LogP contribution in [0, 0.1) is 6.92 Å². The third-order valence-corrected chi connectivity index (χ3v) is 5.96. The van der Waals surface area contributed by atoms with Crippen molar-refractivity contribution in [2.75, 3.05) is 11.5 Å². The topological polar surface area (TPSA) is 42.9 Å². The molecular formula is C12H16N2OS2. The Morgan fingerprint density at radius 2 is 2.18 bits per heavy atom. The molecule has 0 aliphatic carbocycles. The summed E-state index contributed by atoms with van der Waals surface area (Å²) in [6.07, 6.45) is 1.93. The summed E-state index contributed by atoms with van der Waals surface area (Å²) in [7, 11) is 0. The summed E-state index contributed by atoms with van der Waals surface area (Å²) in [6.45, 7) is 4.12. The molecular weight excluding hydrogens is 252 g/mol. The van der Waals surface area contributed by atoms with E-state index in [9.17, 15) is 4.79 Å². The van der Waals surface area contributed by atoms with Gasteiger partial charge in [0.15, 0.2) is 6.29 Å². The van der Waals surface area contributed by atoms with Gasteiger partial charge in [-0.2, -0.15) is 11.8 Å². The van der Waals surface area contributed by atoms with E-state index in [2.05, 4.69) is 16.9 Å². The van der Waals surface area contributed by atoms with Crippen LogP contribution < -0.4 is 0 Å². The second kappa shape index (κ2) is 5.87. The highest BCUT2D eigenvalue weighted by Crippen LogP contribution is 2.42. The first kappa shape index (κ1) is 12.9. The zero-order valence-electron chi connectivity index (χ0n) is 10.0. The van der Waals surface area contributed by atoms with Crippen LogP contribution in [0.15, 0.2) is 6.07 Å². The van der Waals surface area contributed by atoms with Gasteiger partial charge in [0.1, 0.15) is 11.5 Å². The van der Waals surface area contributed by atoms with Crippen LogP contribution in [0.25, 0.3) is 0 Å². The van der Waals surface area contributed by atoms with Crippen LogP contribution in [-0.4, -0.2) is 33.0 Å². The average Bonchev–Trinajstić information content (AvgIpc) is 2.37. The number of nitrogens with zero attached hydrogens (tertiary/aromatic N) is 2. The Balaban J connectivity index is 2.30. The Labute approximate surface area is 110 Å². The second-order valence-corrected chi connectivity index (χ2v) is 6.62. The molecule has 3 nitrogen and oxygen atoms in total. The Hall–Kier alpha value is -0.550. The van der Waals surface area contributed by atoms with Gasteiger partial charge < -0.3 is 0 Å². The number of hydrogen-bond acceptors (Lipinski definition) is 5. The van der Waals surface area contributed by atoms with E-state index in [0.29, 0.717) is 16.2 Å². The minimum Gasteiger partial charge on any atom is -0.296 e. The van der Waals surface area contributed by atoms with E-state index in [1.54, 1.807) is 6.07 Å². The third-order valence-electron chi connectivity index (χ3n) is 2.72. The molecule has 0 amide bonds. The zero-order chi connectivity index (χ0) is 12.3. The molecule has 0 saturated carbocycles. The molecule has 17 heavy (non-hydrogen) atoms. The summed E-state index contributed by atoms with van der Waals surface area (Å²) in [5, 5.41) is 0.896. The molecule has 1 aromatic heterocycles. The Morgan fingerprint density at radius 3 is 2.88 bits per heavy atom. The van der Waals surface area contributed by atoms with Crippen LogP contribution in [0.5, 0.6) is 0 Å². The highest BCUT2D eigenvalue weighted by molar-refractivity contribution is 8.06. The maximum absolute atomic E-state index is 10.8. The van der Waals surface area contributed by atoms with Crippen LogP contribution in [0.2, 0.25) is 0 Å². The van der Waals surface area contributed by atoms with E-state index >= 15 is 0 Å². The number of thioether (sulfide) groups is 2. The Morgan fingerprint density at radius 1 is 1.41 bits per heavy atom. The summed E-state index contributed by atoms with van der Waals surface area (Å²) in [4.78, 5) is 19.7. The normalized spacial score (nSPS) is 24.6. The quantitative estimate of drug-likeness (QED) is 0.789. The maximum atomic E-state index is 10.8. The van der Waals surface area contributed by atoms with E-state index < -0.39 is 0 Å². The van der Waals surface area contributed by atoms with Gasteiger partial charge in [-0.1, -0.05) is 6.92 Å². The van der Waals surface area contributed by atoms with E-state index in [-0.39, 0.29) is 0 Å². The molecule has 0 bridgehead atoms. The summed E-state index contributed by atoms with van der Waals surface area (Å²) in [5.41, 5.74) is 1.38. The van der Waals surface area contributed by atoms with E-state index in [1.165, 1.54) is 5.75 Å². The van der Waals surface area contributed by atoms with Crippen molar-refractivity contribution in [2.45, 2.75) is 30.8 Å². The summed E-state index contributed by atoms with van der Waals surface area (Å²) in [6, 6.07) is 1.73. The van der Waals surface area contributed by atoms with E-state index in [4.69, 9.17) is 0 Å². The lowest BCUT2D eigenvalue weighted by Crippen LogP contribution is -2.21. The van der Waals surface area contributed by atoms with Gasteiger partial charge in [-0.3, -0.25) is 4.79 Å². The molecule has 1 aromatic rings. The average molecular weight is 268 g/mol. The molecule has 92 valence electrons. The zero-order valence-corrected chi connectivity index (χ0v) is 11.7. The first-order valence-electron chi connectivity index (χ1n) is 5.78. The van der Waals surface area contributed by atoms with Gasteiger partial charge in [-0.25, -0.2) is 9.97 Å². The van der Waals surface area contributed by atoms with Crippen molar-refractivity contribution in [2.24, 2.45) is 0 Å². The van der Waals surface area contributed by atoms with Gasteiger partial charge in [-0.15, -0.1) is 11.8 Å². The molecule has 1 saturated heterocycles. The molecule has 1 aliphatic rings. The molecule has 2 rings (SSSR count). The third kappa shape index (κ3) is 3.01. The summed E-state index contributed by atoms with van der Waals surface area (Å²) < 4.78 is 0. The standard InChI is InChI=1S/C12H16N2OS2/c1-3-10-11(17-5-4-16-10)12-13-8(2)6-9(7-15)14-12/h6-7,10-11H,3-5H2,1-2H3. The van der Waals surface area contributed by atoms with Crippen LogP contribution in [0.3, 0.4) is 0 Å². The predicted octanol–water partition coefficient (Wildman–Crippen LogP) is 2.90. The van der Waals surface area contributed by atoms with Gasteiger partial charge >= 0.3 is 0 Å². The highest BCUT2D eigenvalue weighted by atomic mass is 32.2. The van der Waals surface area contributed by atoms with E-state index in [0.717, 1.165) is 30.0 Å². The number of aldehydes is 1. The fraction of sp³-hybridized carbons (Fsp3) is 0.583. The van der Waals surface area contributed by atoms with Crippen molar-refractivity contribution in [3.63, 3.8) is 0 Å². The number of aromatic nitrogens is 2. The van der Waals surface area contributed by atoms with Crippen LogP contribution in [0.1, 0.15) is 40.6 Å². The SMILES string of the molecule is CCC1SCCSC1c1nc(C)cc(C=O)n1. The number of hydrogen-bond donors (Lipinski definition) is 0. The Bertz CT molecular complexity index is 411. The maximum Gasteiger partial charge on any atom is 0.168 e. The van der Waals surface area contributed by atoms with Crippen molar-refractivity contribution in [1.29, 1.82) is 0 Å². The highest BCUT2D eigenvalue weighted by Gasteiger charge is 2.28. The van der Waals surface area contributed by atoms with Crippen LogP contribution in [0.4, 0.5) is 0 Å². The minimum atomic E-state index is 0.331. The molecule has 0 spiro atoms. The number of rotatable bonds is 3. The molecule has 1 fully saturated rings. The van der Waals surface area contributed by atoms with Gasteiger partial charge in [-0.05, 0) is 19.4 Å². The number of carbonyl (C=O) groups excluding carboxylic acids is 1. The van der Waals surface area contributed by atoms with Crippen molar-refractivity contribution >= 4 is 29.8 Å². The second-order valence-electron chi connectivity index (χ2n) is 4.02. The fourth-order valence-corrected chi connectivity index (χ4v) is 4.94. The smallest absolute Gasteiger partial charge is 0.168 e. The van der Waals surface area contributed by atoms with Crippen molar-refractivity contribution in [1.82, 2.24) is 9.97 Å². The largest absolute Gasteiger partial charge is 0.296 e. The van der Waals surface area contributed by atoms with E-state index in [1.807, 2.05) is 30.4 Å². The van der Waals surface area contributed by atoms with Crippen molar-refractivity contribution < 1.29 is 4.79 Å². The molecule has 0 N–H and O–H groups in total. The molecule has 2 unspecified atom stereocenters. The first-order chi connectivity index (χ1) is 8.24. The van der Waals surface area contributed by atoms with Gasteiger partial charge in [0.05, 0.1) is 5.25 Å². The van der Waals surface area contributed by atoms with Gasteiger partial charge in [0.25, 0.3) is 0 Å². The lowest BCUT2D eigenvalue weighted by molar-refractivity contribution is 0.111. The monoisotopic (exact) mass is 268 g/mol. The lowest BCUT2D eigenvalue weighted by Gasteiger charge is -2.28. The molecule has 2 atom stereocenters. The predicted molar refractivity (Wildman–Crippen MR) is 73.9 cm³/mol. The molecule has 1 aliphatic heterocycles. The molecule has 0 aromatic carbocycles. The summed E-state index contributed by atoms with van der Waals surface area (Å²) in [5.74, 6) is 3.17. The number of carbonyl (C=O) groups is 1.